The lowest BCUT2D eigenvalue weighted by Crippen LogP contribution is -2.45. The van der Waals surface area contributed by atoms with E-state index in [0.29, 0.717) is 0 Å². The van der Waals surface area contributed by atoms with Gasteiger partial charge in [0.05, 0.1) is 13.2 Å². The Morgan fingerprint density at radius 1 is 1.31 bits per heavy atom. The topological polar surface area (TPSA) is 130 Å². The molecule has 0 aromatic carbocycles. The van der Waals surface area contributed by atoms with Gasteiger partial charge < -0.3 is 25.6 Å². The molecule has 6 N–H and O–H groups in total. The molecule has 0 bridgehead atoms. The van der Waals surface area contributed by atoms with Gasteiger partial charge in [-0.1, -0.05) is 0 Å². The van der Waals surface area contributed by atoms with Crippen LogP contribution in [0.4, 0.5) is 0 Å². The van der Waals surface area contributed by atoms with Gasteiger partial charge in [-0.15, -0.1) is 0 Å². The van der Waals surface area contributed by atoms with Gasteiger partial charge in [0.25, 0.3) is 0 Å². The predicted octanol–water partition coefficient (Wildman–Crippen LogP) is -3.39. The molecule has 0 amide bonds. The summed E-state index contributed by atoms with van der Waals surface area (Å²) in [6.07, 6.45) is -5.10. The summed E-state index contributed by atoms with van der Waals surface area (Å²) in [5.41, 5.74) is 1.53. The van der Waals surface area contributed by atoms with Crippen molar-refractivity contribution >= 4 is 5.78 Å². The van der Waals surface area contributed by atoms with Crippen LogP contribution in [0, 0.1) is 0 Å². The highest BCUT2D eigenvalue weighted by Crippen LogP contribution is 1.98. The number of rotatable bonds is 6. The first kappa shape index (κ1) is 12.4. The maximum absolute atomic E-state index is 10.9. The summed E-state index contributed by atoms with van der Waals surface area (Å²) in [6.45, 7) is -1.24. The average molecular weight is 195 g/mol. The van der Waals surface area contributed by atoms with Gasteiger partial charge in [0.15, 0.2) is 5.78 Å². The Balaban J connectivity index is 4.08. The monoisotopic (exact) mass is 195 g/mol. The number of hydroxylamine groups is 1. The van der Waals surface area contributed by atoms with Gasteiger partial charge in [-0.25, -0.2) is 5.48 Å². The summed E-state index contributed by atoms with van der Waals surface area (Å²) < 4.78 is 0. The minimum Gasteiger partial charge on any atom is -0.394 e. The molecule has 0 saturated carbocycles. The van der Waals surface area contributed by atoms with E-state index in [-0.39, 0.29) is 0 Å². The van der Waals surface area contributed by atoms with Gasteiger partial charge >= 0.3 is 0 Å². The number of hydrogen-bond donors (Lipinski definition) is 6. The quantitative estimate of drug-likeness (QED) is 0.244. The van der Waals surface area contributed by atoms with Crippen molar-refractivity contribution in [2.24, 2.45) is 0 Å². The van der Waals surface area contributed by atoms with Crippen molar-refractivity contribution in [2.45, 2.75) is 18.3 Å². The van der Waals surface area contributed by atoms with Crippen LogP contribution in [0.25, 0.3) is 0 Å². The molecule has 0 rings (SSSR count). The van der Waals surface area contributed by atoms with Gasteiger partial charge in [-0.05, 0) is 0 Å². The summed E-state index contributed by atoms with van der Waals surface area (Å²) in [6, 6.07) is 0. The smallest absolute Gasteiger partial charge is 0.193 e. The van der Waals surface area contributed by atoms with Crippen LogP contribution in [0.5, 0.6) is 0 Å². The Morgan fingerprint density at radius 3 is 2.23 bits per heavy atom. The van der Waals surface area contributed by atoms with Gasteiger partial charge in [0.2, 0.25) is 0 Å². The third kappa shape index (κ3) is 3.77. The van der Waals surface area contributed by atoms with Crippen LogP contribution >= 0.6 is 0 Å². The molecule has 7 heteroatoms. The van der Waals surface area contributed by atoms with Crippen LogP contribution in [0.3, 0.4) is 0 Å². The normalized spacial score (nSPS) is 17.9. The van der Waals surface area contributed by atoms with Crippen molar-refractivity contribution in [1.29, 1.82) is 0 Å². The van der Waals surface area contributed by atoms with Gasteiger partial charge in [-0.2, -0.15) is 0 Å². The summed E-state index contributed by atoms with van der Waals surface area (Å²) in [5.74, 6) is -1.07. The van der Waals surface area contributed by atoms with Crippen LogP contribution in [-0.2, 0) is 4.79 Å². The van der Waals surface area contributed by atoms with Crippen molar-refractivity contribution in [2.75, 3.05) is 13.2 Å². The Labute approximate surface area is 74.2 Å². The van der Waals surface area contributed by atoms with Crippen LogP contribution in [0.2, 0.25) is 0 Å². The fourth-order valence-electron chi connectivity index (χ4n) is 0.674. The van der Waals surface area contributed by atoms with Crippen molar-refractivity contribution in [3.63, 3.8) is 0 Å². The van der Waals surface area contributed by atoms with Crippen molar-refractivity contribution in [3.05, 3.63) is 0 Å². The highest BCUT2D eigenvalue weighted by atomic mass is 16.5. The number of aliphatic hydroxyl groups is 4. The maximum Gasteiger partial charge on any atom is 0.193 e. The molecule has 0 heterocycles. The zero-order chi connectivity index (χ0) is 10.4. The van der Waals surface area contributed by atoms with E-state index >= 15 is 0 Å². The molecule has 7 nitrogen and oxygen atoms in total. The van der Waals surface area contributed by atoms with E-state index in [2.05, 4.69) is 0 Å². The van der Waals surface area contributed by atoms with E-state index in [1.165, 1.54) is 5.48 Å². The molecular weight excluding hydrogens is 182 g/mol. The molecule has 0 spiro atoms. The minimum atomic E-state index is -1.85. The van der Waals surface area contributed by atoms with E-state index in [4.69, 9.17) is 25.6 Å². The number of Topliss-reactive ketones (excluding diaryl/α,β-unsaturated/α-hetero) is 1. The molecule has 13 heavy (non-hydrogen) atoms. The summed E-state index contributed by atoms with van der Waals surface area (Å²) >= 11 is 0. The van der Waals surface area contributed by atoms with Crippen LogP contribution in [-0.4, -0.2) is 62.9 Å². The first-order chi connectivity index (χ1) is 6.04. The molecule has 0 radical (unpaired) electrons. The highest BCUT2D eigenvalue weighted by molar-refractivity contribution is 5.87. The maximum atomic E-state index is 10.9. The van der Waals surface area contributed by atoms with Crippen LogP contribution in [0.1, 0.15) is 0 Å². The van der Waals surface area contributed by atoms with E-state index in [1.54, 1.807) is 0 Å². The molecule has 0 aliphatic carbocycles. The summed E-state index contributed by atoms with van der Waals surface area (Å²) in [5, 5.41) is 43.1. The summed E-state index contributed by atoms with van der Waals surface area (Å²) in [4.78, 5) is 10.9. The van der Waals surface area contributed by atoms with Crippen molar-refractivity contribution < 1.29 is 30.4 Å². The number of ketones is 1. The molecular formula is C6H13NO6. The zero-order valence-electron chi connectivity index (χ0n) is 6.79. The predicted molar refractivity (Wildman–Crippen MR) is 39.9 cm³/mol. The molecule has 3 atom stereocenters. The second kappa shape index (κ2) is 5.97. The molecule has 0 unspecified atom stereocenters. The number of nitrogens with one attached hydrogen (secondary N) is 1. The number of aliphatic hydroxyl groups excluding tert-OH is 4. The molecule has 0 aromatic rings. The second-order valence-electron chi connectivity index (χ2n) is 2.48. The first-order valence-corrected chi connectivity index (χ1v) is 3.60. The molecule has 0 fully saturated rings. The largest absolute Gasteiger partial charge is 0.394 e. The van der Waals surface area contributed by atoms with E-state index in [9.17, 15) is 4.79 Å². The molecule has 78 valence electrons. The van der Waals surface area contributed by atoms with E-state index in [1.807, 2.05) is 0 Å². The zero-order valence-corrected chi connectivity index (χ0v) is 6.79. The molecule has 0 aliphatic rings. The third-order valence-corrected chi connectivity index (χ3v) is 1.46. The van der Waals surface area contributed by atoms with Crippen LogP contribution in [0.15, 0.2) is 0 Å². The van der Waals surface area contributed by atoms with Crippen molar-refractivity contribution in [3.8, 4) is 0 Å². The van der Waals surface area contributed by atoms with Gasteiger partial charge in [-0.3, -0.25) is 4.79 Å². The fraction of sp³-hybridized carbons (Fsp3) is 0.833. The second-order valence-corrected chi connectivity index (χ2v) is 2.48. The molecule has 0 aliphatic heterocycles. The number of carbonyl (C=O) groups excluding carboxylic acids is 1. The lowest BCUT2D eigenvalue weighted by atomic mass is 10.1. The van der Waals surface area contributed by atoms with E-state index < -0.39 is 37.2 Å². The SMILES string of the molecule is O=C([C@H](O)CNO)[C@H](O)[C@H](O)CO. The van der Waals surface area contributed by atoms with Gasteiger partial charge in [0, 0.05) is 0 Å². The summed E-state index contributed by atoms with van der Waals surface area (Å²) in [7, 11) is 0. The molecule has 0 aromatic heterocycles. The standard InChI is InChI=1S/C6H13NO6/c8-2-4(10)6(12)5(11)3(9)1-7-13/h3-4,6-10,12-13H,1-2H2/t3-,4-,6-/m1/s1. The number of carbonyl (C=O) groups is 1. The molecule has 0 saturated heterocycles. The fourth-order valence-corrected chi connectivity index (χ4v) is 0.674. The average Bonchev–Trinajstić information content (AvgIpc) is 2.14. The number of hydrogen-bond acceptors (Lipinski definition) is 7. The Hall–Kier alpha value is -0.570. The minimum absolute atomic E-state index is 0.450. The lowest BCUT2D eigenvalue weighted by Gasteiger charge is -2.17. The van der Waals surface area contributed by atoms with Crippen molar-refractivity contribution in [1.82, 2.24) is 5.48 Å². The Kier molecular flexibility index (Phi) is 5.71. The highest BCUT2D eigenvalue weighted by Gasteiger charge is 2.28. The first-order valence-electron chi connectivity index (χ1n) is 3.60. The van der Waals surface area contributed by atoms with Gasteiger partial charge in [0.1, 0.15) is 18.3 Å². The Bertz CT molecular complexity index is 163. The third-order valence-electron chi connectivity index (χ3n) is 1.46. The van der Waals surface area contributed by atoms with E-state index in [0.717, 1.165) is 0 Å². The van der Waals surface area contributed by atoms with Crippen LogP contribution < -0.4 is 5.48 Å². The lowest BCUT2D eigenvalue weighted by molar-refractivity contribution is -0.143. The Morgan fingerprint density at radius 2 is 1.85 bits per heavy atom.